The third kappa shape index (κ3) is 5.80. The lowest BCUT2D eigenvalue weighted by molar-refractivity contribution is -0.120. The van der Waals surface area contributed by atoms with E-state index in [1.807, 2.05) is 90.8 Å². The number of nitrogens with zero attached hydrogens (tertiary/aromatic N) is 3. The summed E-state index contributed by atoms with van der Waals surface area (Å²) in [4.78, 5) is 35.2. The Bertz CT molecular complexity index is 1220. The number of rotatable bonds is 9. The SMILES string of the molecule is COc1cccc([C@@H]2C(C(=O)Nc3ccccc3)=C(C)N=C3SC=C(CC(=O)NCCN(C)C)N32)c1. The van der Waals surface area contributed by atoms with Gasteiger partial charge in [0.2, 0.25) is 5.91 Å². The first-order chi connectivity index (χ1) is 17.4. The van der Waals surface area contributed by atoms with Crippen LogP contribution in [0.5, 0.6) is 5.75 Å². The molecular weight excluding hydrogens is 474 g/mol. The highest BCUT2D eigenvalue weighted by molar-refractivity contribution is 8.16. The van der Waals surface area contributed by atoms with Crippen LogP contribution in [0.15, 0.2) is 82.0 Å². The van der Waals surface area contributed by atoms with Gasteiger partial charge < -0.3 is 25.2 Å². The number of thioether (sulfide) groups is 1. The van der Waals surface area contributed by atoms with E-state index in [2.05, 4.69) is 10.6 Å². The Balaban J connectivity index is 1.67. The first-order valence-corrected chi connectivity index (χ1v) is 12.6. The minimum Gasteiger partial charge on any atom is -0.497 e. The molecule has 2 aliphatic heterocycles. The highest BCUT2D eigenvalue weighted by Crippen LogP contribution is 2.45. The molecule has 4 rings (SSSR count). The van der Waals surface area contributed by atoms with Crippen LogP contribution in [0.4, 0.5) is 5.69 Å². The minimum atomic E-state index is -0.466. The van der Waals surface area contributed by atoms with Crippen molar-refractivity contribution in [3.8, 4) is 5.75 Å². The zero-order chi connectivity index (χ0) is 25.7. The average Bonchev–Trinajstić information content (AvgIpc) is 3.25. The van der Waals surface area contributed by atoms with Crippen LogP contribution in [-0.4, -0.2) is 61.1 Å². The fraction of sp³-hybridized carbons (Fsp3) is 0.296. The van der Waals surface area contributed by atoms with Gasteiger partial charge in [-0.15, -0.1) is 0 Å². The number of benzene rings is 2. The fourth-order valence-corrected chi connectivity index (χ4v) is 5.12. The lowest BCUT2D eigenvalue weighted by Gasteiger charge is -2.36. The molecule has 2 aromatic rings. The Hall–Kier alpha value is -3.56. The second kappa shape index (κ2) is 11.5. The van der Waals surface area contributed by atoms with Crippen LogP contribution in [-0.2, 0) is 9.59 Å². The van der Waals surface area contributed by atoms with Crippen molar-refractivity contribution in [3.63, 3.8) is 0 Å². The van der Waals surface area contributed by atoms with Gasteiger partial charge in [0.05, 0.1) is 30.8 Å². The minimum absolute atomic E-state index is 0.0732. The highest BCUT2D eigenvalue weighted by atomic mass is 32.2. The molecule has 188 valence electrons. The number of aliphatic imine (C=N–C) groups is 1. The second-order valence-electron chi connectivity index (χ2n) is 8.82. The van der Waals surface area contributed by atoms with Crippen LogP contribution in [0.3, 0.4) is 0 Å². The van der Waals surface area contributed by atoms with Gasteiger partial charge >= 0.3 is 0 Å². The molecule has 36 heavy (non-hydrogen) atoms. The Morgan fingerprint density at radius 3 is 2.64 bits per heavy atom. The van der Waals surface area contributed by atoms with Crippen molar-refractivity contribution >= 4 is 34.4 Å². The summed E-state index contributed by atoms with van der Waals surface area (Å²) in [5.74, 6) is 0.382. The summed E-state index contributed by atoms with van der Waals surface area (Å²) in [6.45, 7) is 3.17. The molecular formula is C27H31N5O3S. The maximum atomic E-state index is 13.6. The Morgan fingerprint density at radius 2 is 1.92 bits per heavy atom. The number of hydrogen-bond acceptors (Lipinski definition) is 7. The van der Waals surface area contributed by atoms with Crippen LogP contribution in [0.2, 0.25) is 0 Å². The zero-order valence-electron chi connectivity index (χ0n) is 20.9. The van der Waals surface area contributed by atoms with E-state index in [1.165, 1.54) is 11.8 Å². The summed E-state index contributed by atoms with van der Waals surface area (Å²) >= 11 is 1.46. The molecule has 2 aromatic carbocycles. The fourth-order valence-electron chi connectivity index (χ4n) is 4.15. The maximum Gasteiger partial charge on any atom is 0.255 e. The number of anilines is 1. The average molecular weight is 506 g/mol. The van der Waals surface area contributed by atoms with E-state index < -0.39 is 6.04 Å². The molecule has 0 aliphatic carbocycles. The smallest absolute Gasteiger partial charge is 0.255 e. The van der Waals surface area contributed by atoms with Gasteiger partial charge in [-0.2, -0.15) is 0 Å². The normalized spacial score (nSPS) is 16.9. The maximum absolute atomic E-state index is 13.6. The molecule has 0 radical (unpaired) electrons. The van der Waals surface area contributed by atoms with Gasteiger partial charge in [0.1, 0.15) is 5.75 Å². The van der Waals surface area contributed by atoms with Gasteiger partial charge in [0.25, 0.3) is 5.91 Å². The van der Waals surface area contributed by atoms with Crippen molar-refractivity contribution in [1.29, 1.82) is 0 Å². The van der Waals surface area contributed by atoms with E-state index >= 15 is 0 Å². The molecule has 8 nitrogen and oxygen atoms in total. The predicted molar refractivity (Wildman–Crippen MR) is 145 cm³/mol. The van der Waals surface area contributed by atoms with Crippen molar-refractivity contribution in [2.75, 3.05) is 39.6 Å². The number of para-hydroxylation sites is 1. The largest absolute Gasteiger partial charge is 0.497 e. The number of amides is 2. The lowest BCUT2D eigenvalue weighted by Crippen LogP contribution is -2.39. The van der Waals surface area contributed by atoms with Crippen LogP contribution in [0.1, 0.15) is 24.9 Å². The number of likely N-dealkylation sites (N-methyl/N-ethyl adjacent to an activating group) is 1. The summed E-state index contributed by atoms with van der Waals surface area (Å²) in [6, 6.07) is 16.6. The molecule has 0 saturated heterocycles. The molecule has 0 bridgehead atoms. The molecule has 2 amide bonds. The second-order valence-corrected chi connectivity index (χ2v) is 9.66. The van der Waals surface area contributed by atoms with E-state index in [9.17, 15) is 9.59 Å². The van der Waals surface area contributed by atoms with Gasteiger partial charge in [0.15, 0.2) is 5.17 Å². The molecule has 2 aliphatic rings. The van der Waals surface area contributed by atoms with E-state index in [1.54, 1.807) is 7.11 Å². The summed E-state index contributed by atoms with van der Waals surface area (Å²) in [5, 5.41) is 8.68. The monoisotopic (exact) mass is 505 g/mol. The van der Waals surface area contributed by atoms with Crippen molar-refractivity contribution in [1.82, 2.24) is 15.1 Å². The number of allylic oxidation sites excluding steroid dienone is 1. The van der Waals surface area contributed by atoms with E-state index in [-0.39, 0.29) is 18.2 Å². The third-order valence-electron chi connectivity index (χ3n) is 5.91. The molecule has 0 spiro atoms. The number of carbonyl (C=O) groups is 2. The highest BCUT2D eigenvalue weighted by Gasteiger charge is 2.40. The molecule has 2 heterocycles. The van der Waals surface area contributed by atoms with E-state index in [0.29, 0.717) is 29.3 Å². The van der Waals surface area contributed by atoms with Gasteiger partial charge in [-0.3, -0.25) is 9.59 Å². The van der Waals surface area contributed by atoms with Crippen molar-refractivity contribution in [2.24, 2.45) is 4.99 Å². The first-order valence-electron chi connectivity index (χ1n) is 11.7. The number of carbonyl (C=O) groups excluding carboxylic acids is 2. The van der Waals surface area contributed by atoms with Crippen LogP contribution in [0, 0.1) is 0 Å². The first kappa shape index (κ1) is 25.5. The predicted octanol–water partition coefficient (Wildman–Crippen LogP) is 3.98. The van der Waals surface area contributed by atoms with Crippen molar-refractivity contribution in [3.05, 3.63) is 82.5 Å². The van der Waals surface area contributed by atoms with Crippen LogP contribution >= 0.6 is 11.8 Å². The van der Waals surface area contributed by atoms with Gasteiger partial charge in [-0.1, -0.05) is 42.1 Å². The molecule has 2 N–H and O–H groups in total. The number of amidine groups is 1. The summed E-state index contributed by atoms with van der Waals surface area (Å²) < 4.78 is 5.48. The lowest BCUT2D eigenvalue weighted by atomic mass is 9.93. The molecule has 0 saturated carbocycles. The molecule has 1 atom stereocenters. The van der Waals surface area contributed by atoms with E-state index in [0.717, 1.165) is 23.0 Å². The van der Waals surface area contributed by atoms with Gasteiger partial charge in [-0.05, 0) is 56.3 Å². The van der Waals surface area contributed by atoms with Crippen molar-refractivity contribution < 1.29 is 14.3 Å². The van der Waals surface area contributed by atoms with E-state index in [4.69, 9.17) is 9.73 Å². The third-order valence-corrected chi connectivity index (χ3v) is 6.80. The van der Waals surface area contributed by atoms with Crippen LogP contribution < -0.4 is 15.4 Å². The molecule has 0 unspecified atom stereocenters. The topological polar surface area (TPSA) is 86.3 Å². The molecule has 0 fully saturated rings. The van der Waals surface area contributed by atoms with Crippen molar-refractivity contribution in [2.45, 2.75) is 19.4 Å². The molecule has 0 aromatic heterocycles. The summed E-state index contributed by atoms with van der Waals surface area (Å²) in [7, 11) is 5.55. The Morgan fingerprint density at radius 1 is 1.14 bits per heavy atom. The number of ether oxygens (including phenoxy) is 1. The zero-order valence-corrected chi connectivity index (χ0v) is 21.8. The summed E-state index contributed by atoms with van der Waals surface area (Å²) in [6.07, 6.45) is 0.187. The summed E-state index contributed by atoms with van der Waals surface area (Å²) in [5.41, 5.74) is 3.54. The standard InChI is InChI=1S/C27H31N5O3S/c1-18-24(26(34)30-20-10-6-5-7-11-20)25(19-9-8-12-22(15-19)35-4)32-21(17-36-27(32)29-18)16-23(33)28-13-14-31(2)3/h5-12,15,17,25H,13-14,16H2,1-4H3,(H,28,33)(H,30,34)/t25-/m1/s1. The van der Waals surface area contributed by atoms with Gasteiger partial charge in [0, 0.05) is 24.5 Å². The Kier molecular flexibility index (Phi) is 8.12. The van der Waals surface area contributed by atoms with Crippen LogP contribution in [0.25, 0.3) is 0 Å². The quantitative estimate of drug-likeness (QED) is 0.536. The Labute approximate surface area is 216 Å². The number of methoxy groups -OCH3 is 1. The molecule has 9 heteroatoms. The van der Waals surface area contributed by atoms with Gasteiger partial charge in [-0.25, -0.2) is 4.99 Å². The number of nitrogens with one attached hydrogen (secondary N) is 2. The number of fused-ring (bicyclic) bond motifs is 1. The number of hydrogen-bond donors (Lipinski definition) is 2.